The molecule has 0 bridgehead atoms. The molecule has 1 aliphatic carbocycles. The summed E-state index contributed by atoms with van der Waals surface area (Å²) in [5, 5.41) is 1.10. The number of hydrogen-bond acceptors (Lipinski definition) is 2. The Hall–Kier alpha value is -2.14. The molecular formula is C20H26N3O2+. The molecule has 1 aliphatic heterocycles. The van der Waals surface area contributed by atoms with Gasteiger partial charge in [-0.2, -0.15) is 0 Å². The van der Waals surface area contributed by atoms with Crippen LogP contribution >= 0.6 is 0 Å². The molecule has 1 saturated heterocycles. The van der Waals surface area contributed by atoms with Gasteiger partial charge in [0.1, 0.15) is 0 Å². The predicted molar refractivity (Wildman–Crippen MR) is 96.5 cm³/mol. The average molecular weight is 340 g/mol. The summed E-state index contributed by atoms with van der Waals surface area (Å²) in [5.74, 6) is -0.422. The number of quaternary nitrogens is 1. The Labute approximate surface area is 148 Å². The maximum absolute atomic E-state index is 13.1. The van der Waals surface area contributed by atoms with Crippen molar-refractivity contribution >= 4 is 22.7 Å². The summed E-state index contributed by atoms with van der Waals surface area (Å²) in [5.41, 5.74) is 3.28. The van der Waals surface area contributed by atoms with Crippen molar-refractivity contribution in [3.8, 4) is 0 Å². The standard InChI is InChI=1S/C20H25N3O2/c1-3-22(4-2)11-12-23-19(24)14-9-10-16-17(18(14)20(23)25)13-7-5-6-8-15(13)21-16/h5-8,14,18,21H,3-4,9-12H2,1-2H3/p+1/t14-,18-/m0/s1. The van der Waals surface area contributed by atoms with Crippen molar-refractivity contribution in [2.75, 3.05) is 26.2 Å². The molecule has 25 heavy (non-hydrogen) atoms. The van der Waals surface area contributed by atoms with Gasteiger partial charge in [-0.15, -0.1) is 0 Å². The summed E-state index contributed by atoms with van der Waals surface area (Å²) >= 11 is 0. The van der Waals surface area contributed by atoms with Gasteiger partial charge < -0.3 is 9.88 Å². The zero-order valence-electron chi connectivity index (χ0n) is 15.0. The van der Waals surface area contributed by atoms with Crippen molar-refractivity contribution in [1.29, 1.82) is 0 Å². The van der Waals surface area contributed by atoms with E-state index >= 15 is 0 Å². The number of likely N-dealkylation sites (N-methyl/N-ethyl adjacent to an activating group) is 1. The molecule has 2 aromatic rings. The Morgan fingerprint density at radius 3 is 2.68 bits per heavy atom. The first-order valence-corrected chi connectivity index (χ1v) is 9.44. The predicted octanol–water partition coefficient (Wildman–Crippen LogP) is 1.11. The van der Waals surface area contributed by atoms with Crippen molar-refractivity contribution < 1.29 is 14.5 Å². The van der Waals surface area contributed by atoms with Crippen molar-refractivity contribution in [2.24, 2.45) is 5.92 Å². The molecule has 1 fully saturated rings. The van der Waals surface area contributed by atoms with Gasteiger partial charge in [0.25, 0.3) is 0 Å². The summed E-state index contributed by atoms with van der Waals surface area (Å²) in [4.78, 5) is 32.4. The van der Waals surface area contributed by atoms with Crippen LogP contribution in [0.5, 0.6) is 0 Å². The fourth-order valence-corrected chi connectivity index (χ4v) is 4.57. The number of fused-ring (bicyclic) bond motifs is 5. The normalized spacial score (nSPS) is 22.8. The molecule has 0 spiro atoms. The van der Waals surface area contributed by atoms with E-state index in [0.29, 0.717) is 6.54 Å². The number of carbonyl (C=O) groups is 2. The van der Waals surface area contributed by atoms with Gasteiger partial charge in [-0.1, -0.05) is 18.2 Å². The van der Waals surface area contributed by atoms with E-state index in [0.717, 1.165) is 54.6 Å². The number of nitrogens with one attached hydrogen (secondary N) is 2. The number of para-hydroxylation sites is 1. The van der Waals surface area contributed by atoms with Crippen LogP contribution in [-0.2, 0) is 16.0 Å². The average Bonchev–Trinajstić information content (AvgIpc) is 3.12. The molecule has 2 aliphatic rings. The summed E-state index contributed by atoms with van der Waals surface area (Å²) in [6, 6.07) is 8.12. The maximum Gasteiger partial charge on any atom is 0.237 e. The second-order valence-corrected chi connectivity index (χ2v) is 7.22. The summed E-state index contributed by atoms with van der Waals surface area (Å²) in [7, 11) is 0. The molecule has 0 unspecified atom stereocenters. The van der Waals surface area contributed by atoms with Crippen LogP contribution in [0, 0.1) is 5.92 Å². The molecule has 2 heterocycles. The summed E-state index contributed by atoms with van der Waals surface area (Å²) in [6.07, 6.45) is 1.61. The van der Waals surface area contributed by atoms with Gasteiger partial charge in [0.2, 0.25) is 11.8 Å². The lowest BCUT2D eigenvalue weighted by atomic mass is 9.78. The monoisotopic (exact) mass is 340 g/mol. The molecule has 0 saturated carbocycles. The zero-order valence-corrected chi connectivity index (χ0v) is 15.0. The maximum atomic E-state index is 13.1. The van der Waals surface area contributed by atoms with E-state index in [2.05, 4.69) is 24.9 Å². The number of amides is 2. The van der Waals surface area contributed by atoms with E-state index < -0.39 is 0 Å². The number of H-pyrrole nitrogens is 1. The summed E-state index contributed by atoms with van der Waals surface area (Å²) in [6.45, 7) is 7.71. The van der Waals surface area contributed by atoms with Crippen molar-refractivity contribution in [1.82, 2.24) is 9.88 Å². The van der Waals surface area contributed by atoms with Gasteiger partial charge >= 0.3 is 0 Å². The largest absolute Gasteiger partial charge is 0.358 e. The number of aromatic amines is 1. The van der Waals surface area contributed by atoms with Gasteiger partial charge in [0, 0.05) is 16.6 Å². The number of aryl methyl sites for hydroxylation is 1. The highest BCUT2D eigenvalue weighted by Crippen LogP contribution is 2.45. The van der Waals surface area contributed by atoms with Gasteiger partial charge in [-0.25, -0.2) is 0 Å². The minimum atomic E-state index is -0.292. The van der Waals surface area contributed by atoms with Crippen LogP contribution < -0.4 is 4.90 Å². The first kappa shape index (κ1) is 16.3. The minimum Gasteiger partial charge on any atom is -0.358 e. The molecule has 2 atom stereocenters. The van der Waals surface area contributed by atoms with Crippen LogP contribution in [0.2, 0.25) is 0 Å². The molecular weight excluding hydrogens is 314 g/mol. The number of aromatic nitrogens is 1. The SMILES string of the molecule is CC[NH+](CC)CCN1C(=O)[C@H]2CCc3[nH]c4ccccc4c3[C@H]2C1=O. The second-order valence-electron chi connectivity index (χ2n) is 7.22. The minimum absolute atomic E-state index is 0.00672. The molecule has 1 aromatic carbocycles. The van der Waals surface area contributed by atoms with Crippen LogP contribution in [0.3, 0.4) is 0 Å². The van der Waals surface area contributed by atoms with E-state index in [1.165, 1.54) is 9.80 Å². The number of nitrogens with zero attached hydrogens (tertiary/aromatic N) is 1. The number of carbonyl (C=O) groups excluding carboxylic acids is 2. The topological polar surface area (TPSA) is 57.6 Å². The Morgan fingerprint density at radius 1 is 1.16 bits per heavy atom. The highest BCUT2D eigenvalue weighted by Gasteiger charge is 2.51. The molecule has 2 N–H and O–H groups in total. The molecule has 5 heteroatoms. The van der Waals surface area contributed by atoms with E-state index in [1.54, 1.807) is 0 Å². The zero-order chi connectivity index (χ0) is 17.6. The fourth-order valence-electron chi connectivity index (χ4n) is 4.57. The Morgan fingerprint density at radius 2 is 1.92 bits per heavy atom. The quantitative estimate of drug-likeness (QED) is 0.801. The highest BCUT2D eigenvalue weighted by molar-refractivity contribution is 6.10. The third-order valence-corrected chi connectivity index (χ3v) is 6.05. The van der Waals surface area contributed by atoms with Crippen molar-refractivity contribution in [3.63, 3.8) is 0 Å². The third-order valence-electron chi connectivity index (χ3n) is 6.05. The number of hydrogen-bond donors (Lipinski definition) is 2. The highest BCUT2D eigenvalue weighted by atomic mass is 16.2. The fraction of sp³-hybridized carbons (Fsp3) is 0.500. The van der Waals surface area contributed by atoms with Crippen molar-refractivity contribution in [2.45, 2.75) is 32.6 Å². The number of imide groups is 1. The van der Waals surface area contributed by atoms with Gasteiger partial charge in [-0.05, 0) is 38.3 Å². The Balaban J connectivity index is 1.66. The molecule has 132 valence electrons. The van der Waals surface area contributed by atoms with E-state index in [4.69, 9.17) is 0 Å². The molecule has 2 amide bonds. The van der Waals surface area contributed by atoms with Crippen LogP contribution in [0.4, 0.5) is 0 Å². The molecule has 1 aromatic heterocycles. The van der Waals surface area contributed by atoms with Gasteiger partial charge in [0.15, 0.2) is 0 Å². The Bertz CT molecular complexity index is 821. The Kier molecular flexibility index (Phi) is 4.12. The first-order chi connectivity index (χ1) is 12.2. The number of benzene rings is 1. The van der Waals surface area contributed by atoms with E-state index in [9.17, 15) is 9.59 Å². The van der Waals surface area contributed by atoms with Crippen LogP contribution in [0.15, 0.2) is 24.3 Å². The van der Waals surface area contributed by atoms with Gasteiger partial charge in [-0.3, -0.25) is 14.5 Å². The van der Waals surface area contributed by atoms with Crippen molar-refractivity contribution in [3.05, 3.63) is 35.5 Å². The van der Waals surface area contributed by atoms with E-state index in [-0.39, 0.29) is 23.7 Å². The lowest BCUT2D eigenvalue weighted by molar-refractivity contribution is -0.895. The molecule has 4 rings (SSSR count). The van der Waals surface area contributed by atoms with Gasteiger partial charge in [0.05, 0.1) is 38.0 Å². The lowest BCUT2D eigenvalue weighted by Gasteiger charge is -2.21. The van der Waals surface area contributed by atoms with Crippen LogP contribution in [0.1, 0.15) is 37.4 Å². The first-order valence-electron chi connectivity index (χ1n) is 9.44. The number of likely N-dealkylation sites (tertiary alicyclic amines) is 1. The summed E-state index contributed by atoms with van der Waals surface area (Å²) < 4.78 is 0. The third kappa shape index (κ3) is 2.49. The second kappa shape index (κ2) is 6.30. The lowest BCUT2D eigenvalue weighted by Crippen LogP contribution is -3.12. The molecule has 0 radical (unpaired) electrons. The van der Waals surface area contributed by atoms with Crippen LogP contribution in [-0.4, -0.2) is 47.9 Å². The number of rotatable bonds is 5. The van der Waals surface area contributed by atoms with E-state index in [1.807, 2.05) is 18.2 Å². The van der Waals surface area contributed by atoms with Crippen LogP contribution in [0.25, 0.3) is 10.9 Å². The molecule has 5 nitrogen and oxygen atoms in total. The smallest absolute Gasteiger partial charge is 0.237 e.